The van der Waals surface area contributed by atoms with Crippen LogP contribution < -0.4 is 4.90 Å². The van der Waals surface area contributed by atoms with Crippen LogP contribution in [0.25, 0.3) is 21.8 Å². The fourth-order valence-corrected chi connectivity index (χ4v) is 6.19. The van der Waals surface area contributed by atoms with Gasteiger partial charge in [0.05, 0.1) is 21.8 Å². The van der Waals surface area contributed by atoms with E-state index in [1.165, 1.54) is 42.7 Å². The van der Waals surface area contributed by atoms with Gasteiger partial charge >= 0.3 is 6.18 Å². The summed E-state index contributed by atoms with van der Waals surface area (Å²) >= 11 is 1.53. The average molecular weight is 486 g/mol. The number of piperidine rings is 1. The highest BCUT2D eigenvalue weighted by Crippen LogP contribution is 2.45. The first-order chi connectivity index (χ1) is 16.4. The van der Waals surface area contributed by atoms with Gasteiger partial charge in [-0.15, -0.1) is 0 Å². The van der Waals surface area contributed by atoms with Crippen molar-refractivity contribution in [2.75, 3.05) is 18.0 Å². The van der Waals surface area contributed by atoms with E-state index in [9.17, 15) is 13.2 Å². The Morgan fingerprint density at radius 3 is 2.53 bits per heavy atom. The van der Waals surface area contributed by atoms with E-state index in [1.807, 2.05) is 6.20 Å². The number of halogens is 3. The molecule has 4 nitrogen and oxygen atoms in total. The van der Waals surface area contributed by atoms with E-state index in [0.29, 0.717) is 23.1 Å². The summed E-state index contributed by atoms with van der Waals surface area (Å²) in [7, 11) is 0. The lowest BCUT2D eigenvalue weighted by atomic mass is 9.83. The Morgan fingerprint density at radius 1 is 1.03 bits per heavy atom. The molecule has 1 aliphatic heterocycles. The number of thiazole rings is 1. The van der Waals surface area contributed by atoms with Gasteiger partial charge in [0.15, 0.2) is 11.5 Å². The molecule has 2 fully saturated rings. The van der Waals surface area contributed by atoms with E-state index in [-0.39, 0.29) is 0 Å². The third-order valence-corrected chi connectivity index (χ3v) is 8.21. The minimum absolute atomic E-state index is 0.356. The SMILES string of the molecule is CC1CCN(c2nc(-c3cccc(C(F)(F)F)c3)c(-c3n[c]ncc3C3CCCCC3)s2)CC1. The van der Waals surface area contributed by atoms with Crippen LogP contribution in [0.2, 0.25) is 0 Å². The third-order valence-electron chi connectivity index (χ3n) is 7.09. The van der Waals surface area contributed by atoms with Gasteiger partial charge in [0.1, 0.15) is 0 Å². The van der Waals surface area contributed by atoms with E-state index in [0.717, 1.165) is 66.1 Å². The van der Waals surface area contributed by atoms with Gasteiger partial charge in [-0.2, -0.15) is 13.2 Å². The first-order valence-electron chi connectivity index (χ1n) is 12.1. The molecular formula is C26H28F3N4S. The molecule has 34 heavy (non-hydrogen) atoms. The highest BCUT2D eigenvalue weighted by Gasteiger charge is 2.32. The Morgan fingerprint density at radius 2 is 1.79 bits per heavy atom. The van der Waals surface area contributed by atoms with Crippen molar-refractivity contribution in [1.29, 1.82) is 0 Å². The van der Waals surface area contributed by atoms with Crippen LogP contribution in [0, 0.1) is 12.2 Å². The second-order valence-corrected chi connectivity index (χ2v) is 10.5. The molecule has 1 radical (unpaired) electrons. The Bertz CT molecular complexity index is 1130. The number of rotatable bonds is 4. The van der Waals surface area contributed by atoms with E-state index in [4.69, 9.17) is 4.98 Å². The number of nitrogens with zero attached hydrogens (tertiary/aromatic N) is 4. The standard InChI is InChI=1S/C26H28F3N4S/c1-17-10-12-33(13-11-17)25-32-22(19-8-5-9-20(14-19)26(27,28)29)24(34-25)23-21(15-30-16-31-23)18-6-3-2-4-7-18/h5,8-9,14-15,17-18H,2-4,6-7,10-13H2,1H3. The van der Waals surface area contributed by atoms with Crippen LogP contribution in [0.4, 0.5) is 18.3 Å². The van der Waals surface area contributed by atoms with Crippen molar-refractivity contribution in [3.05, 3.63) is 47.9 Å². The zero-order valence-corrected chi connectivity index (χ0v) is 20.1. The van der Waals surface area contributed by atoms with Gasteiger partial charge in [-0.25, -0.2) is 15.0 Å². The lowest BCUT2D eigenvalue weighted by Crippen LogP contribution is -2.32. The van der Waals surface area contributed by atoms with Gasteiger partial charge < -0.3 is 4.90 Å². The summed E-state index contributed by atoms with van der Waals surface area (Å²) in [5.41, 5.74) is 2.19. The van der Waals surface area contributed by atoms with Crippen LogP contribution in [0.15, 0.2) is 30.5 Å². The summed E-state index contributed by atoms with van der Waals surface area (Å²) < 4.78 is 40.5. The number of alkyl halides is 3. The van der Waals surface area contributed by atoms with Gasteiger partial charge in [0, 0.05) is 30.4 Å². The summed E-state index contributed by atoms with van der Waals surface area (Å²) in [5, 5.41) is 0.850. The number of aromatic nitrogens is 3. The fraction of sp³-hybridized carbons (Fsp3) is 0.500. The van der Waals surface area contributed by atoms with Crippen LogP contribution in [0.3, 0.4) is 0 Å². The molecule has 0 spiro atoms. The molecule has 1 saturated heterocycles. The fourth-order valence-electron chi connectivity index (χ4n) is 5.04. The smallest absolute Gasteiger partial charge is 0.348 e. The van der Waals surface area contributed by atoms with Gasteiger partial charge in [-0.3, -0.25) is 0 Å². The highest BCUT2D eigenvalue weighted by atomic mass is 32.1. The molecule has 179 valence electrons. The summed E-state index contributed by atoms with van der Waals surface area (Å²) in [6.07, 6.45) is 8.07. The molecule has 0 atom stereocenters. The van der Waals surface area contributed by atoms with Crippen molar-refractivity contribution >= 4 is 16.5 Å². The molecule has 3 aromatic rings. The van der Waals surface area contributed by atoms with Crippen molar-refractivity contribution in [2.24, 2.45) is 5.92 Å². The maximum Gasteiger partial charge on any atom is 0.416 e. The minimum atomic E-state index is -4.41. The topological polar surface area (TPSA) is 41.9 Å². The second-order valence-electron chi connectivity index (χ2n) is 9.53. The second kappa shape index (κ2) is 9.64. The lowest BCUT2D eigenvalue weighted by Gasteiger charge is -2.29. The Hall–Kier alpha value is -2.48. The summed E-state index contributed by atoms with van der Waals surface area (Å²) in [4.78, 5) is 16.7. The van der Waals surface area contributed by atoms with Gasteiger partial charge in [0.2, 0.25) is 0 Å². The van der Waals surface area contributed by atoms with E-state index in [1.54, 1.807) is 6.07 Å². The van der Waals surface area contributed by atoms with Gasteiger partial charge in [-0.05, 0) is 49.7 Å². The quantitative estimate of drug-likeness (QED) is 0.387. The molecule has 8 heteroatoms. The maximum absolute atomic E-state index is 13.5. The molecule has 0 unspecified atom stereocenters. The highest BCUT2D eigenvalue weighted by molar-refractivity contribution is 7.19. The van der Waals surface area contributed by atoms with Crippen LogP contribution in [0.1, 0.15) is 68.9 Å². The van der Waals surface area contributed by atoms with E-state index < -0.39 is 11.7 Å². The molecule has 1 saturated carbocycles. The van der Waals surface area contributed by atoms with Crippen LogP contribution in [0.5, 0.6) is 0 Å². The first kappa shape index (κ1) is 23.3. The molecule has 2 aromatic heterocycles. The van der Waals surface area contributed by atoms with Crippen LogP contribution in [-0.2, 0) is 6.18 Å². The van der Waals surface area contributed by atoms with Crippen molar-refractivity contribution in [3.8, 4) is 21.8 Å². The first-order valence-corrected chi connectivity index (χ1v) is 12.9. The number of hydrogen-bond donors (Lipinski definition) is 0. The molecule has 0 amide bonds. The molecule has 2 aliphatic rings. The van der Waals surface area contributed by atoms with Crippen LogP contribution in [-0.4, -0.2) is 28.0 Å². The van der Waals surface area contributed by atoms with Crippen molar-refractivity contribution in [3.63, 3.8) is 0 Å². The summed E-state index contributed by atoms with van der Waals surface area (Å²) in [6, 6.07) is 5.47. The molecular weight excluding hydrogens is 457 g/mol. The minimum Gasteiger partial charge on any atom is -0.348 e. The van der Waals surface area contributed by atoms with Crippen molar-refractivity contribution in [2.45, 2.75) is 64.0 Å². The third kappa shape index (κ3) is 4.83. The molecule has 0 N–H and O–H groups in total. The number of benzene rings is 1. The predicted octanol–water partition coefficient (Wildman–Crippen LogP) is 7.37. The Kier molecular flexibility index (Phi) is 6.60. The largest absolute Gasteiger partial charge is 0.416 e. The Labute approximate surface area is 202 Å². The van der Waals surface area contributed by atoms with Crippen LogP contribution >= 0.6 is 11.3 Å². The van der Waals surface area contributed by atoms with E-state index in [2.05, 4.69) is 28.1 Å². The normalized spacial score (nSPS) is 18.4. The van der Waals surface area contributed by atoms with Crippen molar-refractivity contribution in [1.82, 2.24) is 15.0 Å². The number of anilines is 1. The number of hydrogen-bond acceptors (Lipinski definition) is 5. The van der Waals surface area contributed by atoms with Crippen molar-refractivity contribution < 1.29 is 13.2 Å². The van der Waals surface area contributed by atoms with Gasteiger partial charge in [-0.1, -0.05) is 49.7 Å². The molecule has 1 aromatic carbocycles. The summed E-state index contributed by atoms with van der Waals surface area (Å²) in [6.45, 7) is 4.06. The zero-order chi connectivity index (χ0) is 23.7. The lowest BCUT2D eigenvalue weighted by molar-refractivity contribution is -0.137. The molecule has 0 bridgehead atoms. The van der Waals surface area contributed by atoms with E-state index >= 15 is 0 Å². The van der Waals surface area contributed by atoms with Gasteiger partial charge in [0.25, 0.3) is 0 Å². The zero-order valence-electron chi connectivity index (χ0n) is 19.2. The predicted molar refractivity (Wildman–Crippen MR) is 129 cm³/mol. The maximum atomic E-state index is 13.5. The Balaban J connectivity index is 1.62. The monoisotopic (exact) mass is 485 g/mol. The summed E-state index contributed by atoms with van der Waals surface area (Å²) in [5.74, 6) is 1.03. The average Bonchev–Trinajstić information content (AvgIpc) is 3.30. The molecule has 3 heterocycles. The molecule has 1 aliphatic carbocycles. The molecule has 5 rings (SSSR count).